The number of benzene rings is 1. The summed E-state index contributed by atoms with van der Waals surface area (Å²) in [6.45, 7) is 8.84. The predicted molar refractivity (Wildman–Crippen MR) is 122 cm³/mol. The van der Waals surface area contributed by atoms with Crippen LogP contribution in [0.3, 0.4) is 0 Å². The number of carbonyl (C=O) groups is 1. The van der Waals surface area contributed by atoms with E-state index in [1.165, 1.54) is 28.7 Å². The topological polar surface area (TPSA) is 64.0 Å². The van der Waals surface area contributed by atoms with Crippen LogP contribution in [-0.4, -0.2) is 21.2 Å². The van der Waals surface area contributed by atoms with Crippen LogP contribution >= 0.6 is 23.1 Å². The molecule has 2 heterocycles. The molecule has 1 aromatic carbocycles. The maximum absolute atomic E-state index is 12.6. The highest BCUT2D eigenvalue weighted by molar-refractivity contribution is 7.99. The maximum Gasteiger partial charge on any atom is 0.272 e. The van der Waals surface area contributed by atoms with Crippen molar-refractivity contribution in [2.24, 2.45) is 5.92 Å². The first kappa shape index (κ1) is 21.6. The van der Waals surface area contributed by atoms with Gasteiger partial charge in [-0.25, -0.2) is 4.98 Å². The molecule has 0 spiro atoms. The van der Waals surface area contributed by atoms with Gasteiger partial charge in [-0.3, -0.25) is 14.2 Å². The molecule has 3 aromatic rings. The number of thiophene rings is 1. The van der Waals surface area contributed by atoms with Gasteiger partial charge >= 0.3 is 0 Å². The Morgan fingerprint density at radius 3 is 2.59 bits per heavy atom. The maximum atomic E-state index is 12.6. The van der Waals surface area contributed by atoms with Crippen LogP contribution in [-0.2, 0) is 17.8 Å². The van der Waals surface area contributed by atoms with Crippen molar-refractivity contribution >= 4 is 39.2 Å². The summed E-state index contributed by atoms with van der Waals surface area (Å²) in [7, 11) is 0. The molecule has 29 heavy (non-hydrogen) atoms. The van der Waals surface area contributed by atoms with Gasteiger partial charge in [0.05, 0.1) is 17.3 Å². The largest absolute Gasteiger partial charge is 0.349 e. The molecule has 2 aromatic heterocycles. The number of aromatic nitrogens is 2. The number of nitrogens with zero attached hydrogens (tertiary/aromatic N) is 2. The lowest BCUT2D eigenvalue weighted by Crippen LogP contribution is -2.29. The lowest BCUT2D eigenvalue weighted by atomic mass is 10.00. The fourth-order valence-corrected chi connectivity index (χ4v) is 4.88. The minimum absolute atomic E-state index is 0.0368. The second-order valence-corrected chi connectivity index (χ2v) is 9.35. The van der Waals surface area contributed by atoms with Crippen LogP contribution in [0.4, 0.5) is 0 Å². The van der Waals surface area contributed by atoms with Gasteiger partial charge in [0, 0.05) is 6.54 Å². The molecule has 1 atom stereocenters. The molecule has 0 saturated carbocycles. The first-order chi connectivity index (χ1) is 13.9. The molecule has 0 radical (unpaired) electrons. The Morgan fingerprint density at radius 2 is 1.93 bits per heavy atom. The minimum atomic E-state index is -0.0731. The van der Waals surface area contributed by atoms with E-state index in [1.807, 2.05) is 25.3 Å². The van der Waals surface area contributed by atoms with Crippen molar-refractivity contribution in [1.82, 2.24) is 14.9 Å². The van der Waals surface area contributed by atoms with Gasteiger partial charge in [-0.15, -0.1) is 11.3 Å². The Balaban J connectivity index is 1.62. The van der Waals surface area contributed by atoms with E-state index in [2.05, 4.69) is 48.4 Å². The van der Waals surface area contributed by atoms with E-state index in [0.29, 0.717) is 27.8 Å². The van der Waals surface area contributed by atoms with Gasteiger partial charge in [-0.05, 0) is 48.8 Å². The van der Waals surface area contributed by atoms with Crippen molar-refractivity contribution in [1.29, 1.82) is 0 Å². The molecular formula is C22H27N3O2S2. The van der Waals surface area contributed by atoms with E-state index < -0.39 is 0 Å². The molecule has 0 aliphatic rings. The van der Waals surface area contributed by atoms with Gasteiger partial charge in [-0.1, -0.05) is 49.9 Å². The molecule has 0 aliphatic carbocycles. The number of fused-ring (bicyclic) bond motifs is 1. The molecule has 3 rings (SSSR count). The van der Waals surface area contributed by atoms with E-state index in [1.54, 1.807) is 4.57 Å². The van der Waals surface area contributed by atoms with Gasteiger partial charge in [-0.2, -0.15) is 0 Å². The summed E-state index contributed by atoms with van der Waals surface area (Å²) in [5.74, 6) is 0.770. The van der Waals surface area contributed by atoms with Crippen LogP contribution in [0.25, 0.3) is 10.2 Å². The molecule has 154 valence electrons. The van der Waals surface area contributed by atoms with Crippen molar-refractivity contribution < 1.29 is 4.79 Å². The molecule has 5 nitrogen and oxygen atoms in total. The Hall–Kier alpha value is -2.12. The molecule has 0 fully saturated rings. The molecule has 1 N–H and O–H groups in total. The number of rotatable bonds is 8. The molecule has 1 amide bonds. The fraction of sp³-hybridized carbons (Fsp3) is 0.409. The van der Waals surface area contributed by atoms with Crippen LogP contribution in [0, 0.1) is 5.92 Å². The van der Waals surface area contributed by atoms with Crippen LogP contribution < -0.4 is 10.9 Å². The first-order valence-corrected chi connectivity index (χ1v) is 11.7. The number of nitrogens with one attached hydrogen (secondary N) is 1. The molecule has 7 heteroatoms. The highest BCUT2D eigenvalue weighted by Crippen LogP contribution is 2.21. The fourth-order valence-electron chi connectivity index (χ4n) is 3.22. The van der Waals surface area contributed by atoms with E-state index in [0.717, 1.165) is 12.0 Å². The highest BCUT2D eigenvalue weighted by atomic mass is 32.2. The molecule has 1 unspecified atom stereocenters. The summed E-state index contributed by atoms with van der Waals surface area (Å²) in [6, 6.07) is 10.2. The molecule has 0 bridgehead atoms. The van der Waals surface area contributed by atoms with E-state index in [9.17, 15) is 9.59 Å². The summed E-state index contributed by atoms with van der Waals surface area (Å²) >= 11 is 2.71. The number of amides is 1. The smallest absolute Gasteiger partial charge is 0.272 e. The standard InChI is InChI=1S/C22H27N3O2S2/c1-5-25-21(27)20-18(10-11-28-20)24-22(25)29-13-19(26)23-15(4)17-8-6-16(7-9-17)12-14(2)3/h6-11,14-15H,5,12-13H2,1-4H3,(H,23,26). The van der Waals surface area contributed by atoms with Gasteiger partial charge in [0.2, 0.25) is 5.91 Å². The quantitative estimate of drug-likeness (QED) is 0.418. The predicted octanol–water partition coefficient (Wildman–Crippen LogP) is 4.65. The third kappa shape index (κ3) is 5.28. The minimum Gasteiger partial charge on any atom is -0.349 e. The third-order valence-corrected chi connectivity index (χ3v) is 6.55. The highest BCUT2D eigenvalue weighted by Gasteiger charge is 2.15. The van der Waals surface area contributed by atoms with Crippen molar-refractivity contribution in [3.63, 3.8) is 0 Å². The average Bonchev–Trinajstić information content (AvgIpc) is 3.15. The zero-order valence-corrected chi connectivity index (χ0v) is 18.9. The Kier molecular flexibility index (Phi) is 7.14. The van der Waals surface area contributed by atoms with Gasteiger partial charge in [0.25, 0.3) is 5.56 Å². The SMILES string of the molecule is CCn1c(SCC(=O)NC(C)c2ccc(CC(C)C)cc2)nc2ccsc2c1=O. The van der Waals surface area contributed by atoms with Crippen LogP contribution in [0.5, 0.6) is 0 Å². The zero-order chi connectivity index (χ0) is 21.0. The Morgan fingerprint density at radius 1 is 1.21 bits per heavy atom. The number of hydrogen-bond acceptors (Lipinski definition) is 5. The average molecular weight is 430 g/mol. The van der Waals surface area contributed by atoms with E-state index >= 15 is 0 Å². The van der Waals surface area contributed by atoms with Crippen LogP contribution in [0.15, 0.2) is 45.7 Å². The Bertz CT molecular complexity index is 1040. The van der Waals surface area contributed by atoms with Crippen molar-refractivity contribution in [2.75, 3.05) is 5.75 Å². The van der Waals surface area contributed by atoms with Gasteiger partial charge < -0.3 is 5.32 Å². The van der Waals surface area contributed by atoms with Gasteiger partial charge in [0.1, 0.15) is 4.70 Å². The van der Waals surface area contributed by atoms with E-state index in [-0.39, 0.29) is 23.3 Å². The van der Waals surface area contributed by atoms with Crippen LogP contribution in [0.1, 0.15) is 44.9 Å². The van der Waals surface area contributed by atoms with Crippen molar-refractivity contribution in [3.8, 4) is 0 Å². The first-order valence-electron chi connectivity index (χ1n) is 9.88. The summed E-state index contributed by atoms with van der Waals surface area (Å²) in [6.07, 6.45) is 1.05. The van der Waals surface area contributed by atoms with Crippen LogP contribution in [0.2, 0.25) is 0 Å². The second-order valence-electron chi connectivity index (χ2n) is 7.50. The van der Waals surface area contributed by atoms with Gasteiger partial charge in [0.15, 0.2) is 5.16 Å². The number of carbonyl (C=O) groups excluding carboxylic acids is 1. The lowest BCUT2D eigenvalue weighted by Gasteiger charge is -2.15. The van der Waals surface area contributed by atoms with E-state index in [4.69, 9.17) is 0 Å². The molecule has 0 aliphatic heterocycles. The van der Waals surface area contributed by atoms with Crippen molar-refractivity contribution in [3.05, 3.63) is 57.2 Å². The lowest BCUT2D eigenvalue weighted by molar-refractivity contribution is -0.119. The summed E-state index contributed by atoms with van der Waals surface area (Å²) < 4.78 is 2.29. The molecule has 0 saturated heterocycles. The second kappa shape index (κ2) is 9.59. The summed E-state index contributed by atoms with van der Waals surface area (Å²) in [5.41, 5.74) is 3.05. The zero-order valence-electron chi connectivity index (χ0n) is 17.3. The molecular weight excluding hydrogens is 402 g/mol. The third-order valence-electron chi connectivity index (χ3n) is 4.68. The monoisotopic (exact) mass is 429 g/mol. The van der Waals surface area contributed by atoms with Crippen molar-refractivity contribution in [2.45, 2.75) is 51.9 Å². The summed E-state index contributed by atoms with van der Waals surface area (Å²) in [5, 5.41) is 5.49. The number of hydrogen-bond donors (Lipinski definition) is 1. The number of thioether (sulfide) groups is 1. The normalized spacial score (nSPS) is 12.4. The Labute approximate surface area is 179 Å². The summed E-state index contributed by atoms with van der Waals surface area (Å²) in [4.78, 5) is 29.6.